The van der Waals surface area contributed by atoms with E-state index in [-0.39, 0.29) is 23.7 Å². The Morgan fingerprint density at radius 1 is 1.47 bits per heavy atom. The van der Waals surface area contributed by atoms with Crippen LogP contribution in [0.3, 0.4) is 0 Å². The largest absolute Gasteiger partial charge is 0.394 e. The van der Waals surface area contributed by atoms with Gasteiger partial charge in [-0.3, -0.25) is 4.79 Å². The number of para-hydroxylation sites is 1. The summed E-state index contributed by atoms with van der Waals surface area (Å²) in [5.41, 5.74) is 1.15. The van der Waals surface area contributed by atoms with Crippen LogP contribution in [0.25, 0.3) is 10.9 Å². The molecular weight excluding hydrogens is 264 g/mol. The van der Waals surface area contributed by atoms with E-state index >= 15 is 0 Å². The van der Waals surface area contributed by atoms with Gasteiger partial charge >= 0.3 is 0 Å². The van der Waals surface area contributed by atoms with Gasteiger partial charge in [-0.05, 0) is 18.6 Å². The van der Waals surface area contributed by atoms with Crippen LogP contribution in [0.5, 0.6) is 0 Å². The summed E-state index contributed by atoms with van der Waals surface area (Å²) >= 11 is 5.93. The summed E-state index contributed by atoms with van der Waals surface area (Å²) in [4.78, 5) is 16.4. The fourth-order valence-electron chi connectivity index (χ4n) is 1.87. The lowest BCUT2D eigenvalue weighted by atomic mass is 10.1. The van der Waals surface area contributed by atoms with Crippen molar-refractivity contribution in [2.45, 2.75) is 19.4 Å². The van der Waals surface area contributed by atoms with E-state index in [4.69, 9.17) is 16.7 Å². The fraction of sp³-hybridized carbons (Fsp3) is 0.286. The van der Waals surface area contributed by atoms with E-state index in [1.165, 1.54) is 0 Å². The summed E-state index contributed by atoms with van der Waals surface area (Å²) in [5.74, 6) is -0.249. The van der Waals surface area contributed by atoms with E-state index in [1.54, 1.807) is 12.1 Å². The average Bonchev–Trinajstić information content (AvgIpc) is 2.43. The molecule has 4 nitrogen and oxygen atoms in total. The van der Waals surface area contributed by atoms with Gasteiger partial charge in [0, 0.05) is 5.39 Å². The summed E-state index contributed by atoms with van der Waals surface area (Å²) in [6.45, 7) is 1.82. The number of aliphatic hydroxyl groups excluding tert-OH is 1. The van der Waals surface area contributed by atoms with Crippen LogP contribution < -0.4 is 5.32 Å². The summed E-state index contributed by atoms with van der Waals surface area (Å²) in [7, 11) is 0. The van der Waals surface area contributed by atoms with Crippen molar-refractivity contribution in [3.8, 4) is 0 Å². The van der Waals surface area contributed by atoms with Crippen molar-refractivity contribution in [3.05, 3.63) is 41.0 Å². The molecule has 2 rings (SSSR count). The number of amides is 1. The van der Waals surface area contributed by atoms with Crippen LogP contribution >= 0.6 is 11.6 Å². The molecule has 1 amide bonds. The topological polar surface area (TPSA) is 62.2 Å². The highest BCUT2D eigenvalue weighted by atomic mass is 35.5. The zero-order chi connectivity index (χ0) is 13.8. The van der Waals surface area contributed by atoms with Crippen LogP contribution in [0.1, 0.15) is 23.7 Å². The second-order valence-corrected chi connectivity index (χ2v) is 4.66. The number of benzene rings is 1. The number of aromatic nitrogens is 1. The van der Waals surface area contributed by atoms with Gasteiger partial charge < -0.3 is 10.4 Å². The molecule has 2 aromatic rings. The second-order valence-electron chi connectivity index (χ2n) is 4.27. The van der Waals surface area contributed by atoms with Crippen molar-refractivity contribution in [1.82, 2.24) is 10.3 Å². The Kier molecular flexibility index (Phi) is 4.35. The number of nitrogens with zero attached hydrogens (tertiary/aromatic N) is 1. The lowest BCUT2D eigenvalue weighted by Gasteiger charge is -2.15. The third-order valence-electron chi connectivity index (χ3n) is 2.98. The number of carbonyl (C=O) groups is 1. The Morgan fingerprint density at radius 3 is 2.89 bits per heavy atom. The number of hydrogen-bond donors (Lipinski definition) is 2. The molecule has 0 fully saturated rings. The van der Waals surface area contributed by atoms with Crippen LogP contribution in [0.2, 0.25) is 5.15 Å². The molecule has 0 spiro atoms. The van der Waals surface area contributed by atoms with E-state index in [0.717, 1.165) is 5.39 Å². The lowest BCUT2D eigenvalue weighted by Crippen LogP contribution is -2.37. The number of fused-ring (bicyclic) bond motifs is 1. The van der Waals surface area contributed by atoms with Crippen molar-refractivity contribution < 1.29 is 9.90 Å². The fourth-order valence-corrected chi connectivity index (χ4v) is 2.07. The Balaban J connectivity index is 2.41. The number of aliphatic hydroxyl groups is 1. The third-order valence-corrected chi connectivity index (χ3v) is 3.17. The van der Waals surface area contributed by atoms with Gasteiger partial charge in [0.2, 0.25) is 0 Å². The van der Waals surface area contributed by atoms with Gasteiger partial charge in [0.05, 0.1) is 23.7 Å². The van der Waals surface area contributed by atoms with Crippen LogP contribution in [0, 0.1) is 0 Å². The molecule has 1 aromatic heterocycles. The predicted octanol–water partition coefficient (Wildman–Crippen LogP) is 2.39. The van der Waals surface area contributed by atoms with Crippen LogP contribution in [-0.4, -0.2) is 28.6 Å². The van der Waals surface area contributed by atoms with E-state index in [2.05, 4.69) is 10.3 Å². The first kappa shape index (κ1) is 13.8. The molecule has 1 heterocycles. The molecule has 0 bridgehead atoms. The maximum absolute atomic E-state index is 12.2. The van der Waals surface area contributed by atoms with Crippen molar-refractivity contribution in [2.24, 2.45) is 0 Å². The average molecular weight is 279 g/mol. The molecule has 2 N–H and O–H groups in total. The molecule has 1 aromatic carbocycles. The van der Waals surface area contributed by atoms with Gasteiger partial charge in [0.15, 0.2) is 0 Å². The molecule has 1 atom stereocenters. The van der Waals surface area contributed by atoms with Crippen molar-refractivity contribution in [2.75, 3.05) is 6.61 Å². The van der Waals surface area contributed by atoms with Gasteiger partial charge in [-0.2, -0.15) is 0 Å². The molecule has 0 saturated heterocycles. The van der Waals surface area contributed by atoms with Crippen molar-refractivity contribution in [1.29, 1.82) is 0 Å². The Hall–Kier alpha value is -1.65. The maximum Gasteiger partial charge on any atom is 0.252 e. The van der Waals surface area contributed by atoms with Crippen LogP contribution in [-0.2, 0) is 0 Å². The monoisotopic (exact) mass is 278 g/mol. The molecule has 5 heteroatoms. The highest BCUT2D eigenvalue weighted by Gasteiger charge is 2.15. The number of rotatable bonds is 4. The Bertz CT molecular complexity index is 597. The Labute approximate surface area is 116 Å². The SMILES string of the molecule is CC[C@H](CO)NC(=O)c1cc(Cl)nc2ccccc12. The maximum atomic E-state index is 12.2. The second kappa shape index (κ2) is 5.99. The van der Waals surface area contributed by atoms with Crippen LogP contribution in [0.15, 0.2) is 30.3 Å². The van der Waals surface area contributed by atoms with E-state index in [9.17, 15) is 4.79 Å². The summed E-state index contributed by atoms with van der Waals surface area (Å²) in [6.07, 6.45) is 0.666. The molecule has 19 heavy (non-hydrogen) atoms. The molecule has 0 saturated carbocycles. The molecule has 0 unspecified atom stereocenters. The van der Waals surface area contributed by atoms with Gasteiger partial charge in [-0.15, -0.1) is 0 Å². The smallest absolute Gasteiger partial charge is 0.252 e. The van der Waals surface area contributed by atoms with E-state index in [1.807, 2.05) is 25.1 Å². The van der Waals surface area contributed by atoms with Crippen molar-refractivity contribution in [3.63, 3.8) is 0 Å². The molecule has 0 aliphatic rings. The van der Waals surface area contributed by atoms with Gasteiger partial charge in [-0.1, -0.05) is 36.7 Å². The third kappa shape index (κ3) is 3.03. The highest BCUT2D eigenvalue weighted by molar-refractivity contribution is 6.30. The minimum absolute atomic E-state index is 0.0843. The first-order valence-electron chi connectivity index (χ1n) is 6.12. The van der Waals surface area contributed by atoms with Gasteiger partial charge in [0.1, 0.15) is 5.15 Å². The zero-order valence-corrected chi connectivity index (χ0v) is 11.3. The molecule has 100 valence electrons. The number of pyridine rings is 1. The first-order valence-corrected chi connectivity index (χ1v) is 6.50. The highest BCUT2D eigenvalue weighted by Crippen LogP contribution is 2.20. The zero-order valence-electron chi connectivity index (χ0n) is 10.6. The van der Waals surface area contributed by atoms with Gasteiger partial charge in [-0.25, -0.2) is 4.98 Å². The normalized spacial score (nSPS) is 12.4. The molecular formula is C14H15ClN2O2. The summed E-state index contributed by atoms with van der Waals surface area (Å²) in [5, 5.41) is 12.9. The number of carbonyl (C=O) groups excluding carboxylic acids is 1. The standard InChI is InChI=1S/C14H15ClN2O2/c1-2-9(8-18)16-14(19)11-7-13(15)17-12-6-4-3-5-10(11)12/h3-7,9,18H,2,8H2,1H3,(H,16,19)/t9-/m1/s1. The molecule has 0 aliphatic carbocycles. The summed E-state index contributed by atoms with van der Waals surface area (Å²) < 4.78 is 0. The number of hydrogen-bond acceptors (Lipinski definition) is 3. The van der Waals surface area contributed by atoms with E-state index in [0.29, 0.717) is 17.5 Å². The Morgan fingerprint density at radius 2 is 2.21 bits per heavy atom. The number of nitrogens with one attached hydrogen (secondary N) is 1. The van der Waals surface area contributed by atoms with Crippen molar-refractivity contribution >= 4 is 28.4 Å². The van der Waals surface area contributed by atoms with E-state index < -0.39 is 0 Å². The minimum Gasteiger partial charge on any atom is -0.394 e. The quantitative estimate of drug-likeness (QED) is 0.844. The molecule has 0 radical (unpaired) electrons. The lowest BCUT2D eigenvalue weighted by molar-refractivity contribution is 0.0916. The van der Waals surface area contributed by atoms with Gasteiger partial charge in [0.25, 0.3) is 5.91 Å². The minimum atomic E-state index is -0.252. The van der Waals surface area contributed by atoms with Crippen LogP contribution in [0.4, 0.5) is 0 Å². The first-order chi connectivity index (χ1) is 9.15. The predicted molar refractivity (Wildman–Crippen MR) is 75.4 cm³/mol. The summed E-state index contributed by atoms with van der Waals surface area (Å²) in [6, 6.07) is 8.62. The molecule has 0 aliphatic heterocycles. The number of halogens is 1.